The van der Waals surface area contributed by atoms with Crippen molar-refractivity contribution in [2.75, 3.05) is 0 Å². The Balaban J connectivity index is 1.27. The Morgan fingerprint density at radius 1 is 0.434 bits per heavy atom. The summed E-state index contributed by atoms with van der Waals surface area (Å²) in [5.74, 6) is 0.313. The minimum Gasteiger partial charge on any atom is -0.455 e. The number of rotatable bonds is 3. The zero-order valence-electron chi connectivity index (χ0n) is 31.9. The molecule has 0 saturated carbocycles. The molecule has 0 atom stereocenters. The Morgan fingerprint density at radius 2 is 1.04 bits per heavy atom. The van der Waals surface area contributed by atoms with Crippen molar-refractivity contribution in [2.24, 2.45) is 0 Å². The van der Waals surface area contributed by atoms with Gasteiger partial charge in [0.1, 0.15) is 28.0 Å². The lowest BCUT2D eigenvalue weighted by atomic mass is 9.95. The van der Waals surface area contributed by atoms with Crippen molar-refractivity contribution in [3.8, 4) is 28.3 Å². The van der Waals surface area contributed by atoms with Crippen LogP contribution in [0.25, 0.3) is 116 Å². The number of para-hydroxylation sites is 3. The van der Waals surface area contributed by atoms with Gasteiger partial charge >= 0.3 is 0 Å². The highest BCUT2D eigenvalue weighted by Crippen LogP contribution is 2.46. The Hall–Kier alpha value is -7.24. The van der Waals surface area contributed by atoms with Crippen molar-refractivity contribution in [3.63, 3.8) is 0 Å². The van der Waals surface area contributed by atoms with Crippen LogP contribution in [-0.4, -0.2) is 14.5 Å². The molecule has 0 aliphatic rings. The van der Waals surface area contributed by atoms with Crippen molar-refractivity contribution in [1.29, 1.82) is 0 Å². The van der Waals surface area contributed by atoms with Gasteiger partial charge in [-0.25, -0.2) is 9.97 Å². The standard InChI is InChI=1S/C48H27N3O2/c1-2-12-28(13-3-1)29-22-24-30(25-23-29)43-47-44(36-18-8-11-21-40(36)53-47)50-48(49-43)51-38-19-9-6-14-31(38)33-26-27-37-41(45(33)51)32-15-4-5-16-34(32)46-42(37)35-17-7-10-20-39(35)52-46/h1-27H/i22D,23D,24D,25D. The third kappa shape index (κ3) is 3.96. The van der Waals surface area contributed by atoms with Gasteiger partial charge in [0.2, 0.25) is 5.95 Å². The number of hydrogen-bond donors (Lipinski definition) is 0. The van der Waals surface area contributed by atoms with Crippen LogP contribution >= 0.6 is 0 Å². The molecule has 12 rings (SSSR count). The molecule has 0 spiro atoms. The first kappa shape index (κ1) is 24.8. The lowest BCUT2D eigenvalue weighted by molar-refractivity contribution is 0.666. The quantitative estimate of drug-likeness (QED) is 0.174. The predicted octanol–water partition coefficient (Wildman–Crippen LogP) is 13.0. The van der Waals surface area contributed by atoms with E-state index in [1.807, 2.05) is 84.9 Å². The van der Waals surface area contributed by atoms with E-state index in [-0.39, 0.29) is 46.6 Å². The lowest BCUT2D eigenvalue weighted by Crippen LogP contribution is -2.03. The summed E-state index contributed by atoms with van der Waals surface area (Å²) in [4.78, 5) is 10.5. The molecule has 0 aliphatic heterocycles. The molecule has 0 bridgehead atoms. The molecule has 8 aromatic carbocycles. The minimum absolute atomic E-state index is 0.0417. The van der Waals surface area contributed by atoms with Crippen LogP contribution in [0.15, 0.2) is 173 Å². The van der Waals surface area contributed by atoms with E-state index in [2.05, 4.69) is 47.0 Å². The molecule has 4 heterocycles. The van der Waals surface area contributed by atoms with Crippen LogP contribution in [0.3, 0.4) is 0 Å². The lowest BCUT2D eigenvalue weighted by Gasteiger charge is -2.13. The van der Waals surface area contributed by atoms with Crippen LogP contribution in [0.5, 0.6) is 0 Å². The molecule has 5 nitrogen and oxygen atoms in total. The molecule has 0 amide bonds. The van der Waals surface area contributed by atoms with Gasteiger partial charge in [-0.1, -0.05) is 139 Å². The highest BCUT2D eigenvalue weighted by Gasteiger charge is 2.24. The first-order valence-electron chi connectivity index (χ1n) is 19.5. The first-order chi connectivity index (χ1) is 28.0. The van der Waals surface area contributed by atoms with Crippen LogP contribution in [0, 0.1) is 0 Å². The van der Waals surface area contributed by atoms with Gasteiger partial charge in [0.05, 0.1) is 16.5 Å². The van der Waals surface area contributed by atoms with Gasteiger partial charge in [0, 0.05) is 43.3 Å². The van der Waals surface area contributed by atoms with E-state index in [0.717, 1.165) is 70.7 Å². The number of benzene rings is 8. The molecular weight excluding hydrogens is 651 g/mol. The molecule has 0 unspecified atom stereocenters. The molecule has 4 aromatic heterocycles. The average Bonchev–Trinajstić information content (AvgIpc) is 3.94. The third-order valence-electron chi connectivity index (χ3n) is 10.5. The largest absolute Gasteiger partial charge is 0.455 e. The van der Waals surface area contributed by atoms with Gasteiger partial charge in [-0.05, 0) is 46.2 Å². The SMILES string of the molecule is [2H]c1c([2H])c(-c2nc(-n3c4ccccc4c4ccc5c6c7ccccc7oc6c6ccccc6c5c43)nc3c2oc2ccccc23)c([2H])c([2H])c1-c1ccccc1. The van der Waals surface area contributed by atoms with Crippen molar-refractivity contribution in [3.05, 3.63) is 164 Å². The molecule has 12 aromatic rings. The third-order valence-corrected chi connectivity index (χ3v) is 10.5. The second-order valence-corrected chi connectivity index (χ2v) is 13.3. The van der Waals surface area contributed by atoms with Crippen molar-refractivity contribution in [2.45, 2.75) is 0 Å². The number of furan rings is 2. The van der Waals surface area contributed by atoms with E-state index in [4.69, 9.17) is 18.8 Å². The maximum absolute atomic E-state index is 9.39. The monoisotopic (exact) mass is 681 g/mol. The Kier molecular flexibility index (Phi) is 4.98. The molecule has 0 radical (unpaired) electrons. The fourth-order valence-electron chi connectivity index (χ4n) is 8.18. The van der Waals surface area contributed by atoms with Crippen LogP contribution in [0.2, 0.25) is 0 Å². The van der Waals surface area contributed by atoms with Crippen LogP contribution in [-0.2, 0) is 0 Å². The summed E-state index contributed by atoms with van der Waals surface area (Å²) >= 11 is 0. The molecule has 0 N–H and O–H groups in total. The highest BCUT2D eigenvalue weighted by molar-refractivity contribution is 6.36. The summed E-state index contributed by atoms with van der Waals surface area (Å²) in [5.41, 5.74) is 5.83. The summed E-state index contributed by atoms with van der Waals surface area (Å²) < 4.78 is 52.3. The average molecular weight is 682 g/mol. The number of nitrogens with zero attached hydrogens (tertiary/aromatic N) is 3. The van der Waals surface area contributed by atoms with E-state index >= 15 is 0 Å². The molecule has 246 valence electrons. The van der Waals surface area contributed by atoms with E-state index in [9.17, 15) is 5.48 Å². The zero-order valence-corrected chi connectivity index (χ0v) is 27.9. The summed E-state index contributed by atoms with van der Waals surface area (Å²) in [6.45, 7) is 0. The van der Waals surface area contributed by atoms with E-state index in [1.165, 1.54) is 0 Å². The van der Waals surface area contributed by atoms with Gasteiger partial charge in [0.25, 0.3) is 0 Å². The summed E-state index contributed by atoms with van der Waals surface area (Å²) in [6, 6.07) is 44.9. The van der Waals surface area contributed by atoms with Crippen LogP contribution < -0.4 is 0 Å². The van der Waals surface area contributed by atoms with Crippen molar-refractivity contribution >= 4 is 87.4 Å². The molecule has 0 fully saturated rings. The topological polar surface area (TPSA) is 57.0 Å². The Morgan fingerprint density at radius 3 is 1.85 bits per heavy atom. The number of fused-ring (bicyclic) bond motifs is 15. The second kappa shape index (κ2) is 10.6. The Labute approximate surface area is 307 Å². The molecular formula is C48H27N3O2. The second-order valence-electron chi connectivity index (χ2n) is 13.3. The summed E-state index contributed by atoms with van der Waals surface area (Å²) in [7, 11) is 0. The van der Waals surface area contributed by atoms with Gasteiger partial charge in [-0.3, -0.25) is 4.57 Å². The molecule has 0 saturated heterocycles. The van der Waals surface area contributed by atoms with E-state index in [0.29, 0.717) is 22.6 Å². The normalized spacial score (nSPS) is 13.2. The predicted molar refractivity (Wildman–Crippen MR) is 217 cm³/mol. The summed E-state index contributed by atoms with van der Waals surface area (Å²) in [5, 5.41) is 8.85. The highest BCUT2D eigenvalue weighted by atomic mass is 16.3. The van der Waals surface area contributed by atoms with Crippen molar-refractivity contribution < 1.29 is 14.3 Å². The summed E-state index contributed by atoms with van der Waals surface area (Å²) in [6.07, 6.45) is 0. The van der Waals surface area contributed by atoms with Gasteiger partial charge in [-0.2, -0.15) is 0 Å². The minimum atomic E-state index is -0.214. The molecule has 53 heavy (non-hydrogen) atoms. The Bertz CT molecular complexity index is 3670. The van der Waals surface area contributed by atoms with Crippen LogP contribution in [0.1, 0.15) is 5.48 Å². The molecule has 0 aliphatic carbocycles. The fourth-order valence-corrected chi connectivity index (χ4v) is 8.18. The number of hydrogen-bond acceptors (Lipinski definition) is 4. The maximum Gasteiger partial charge on any atom is 0.236 e. The zero-order chi connectivity index (χ0) is 38.1. The van der Waals surface area contributed by atoms with Gasteiger partial charge in [-0.15, -0.1) is 0 Å². The first-order valence-corrected chi connectivity index (χ1v) is 17.5. The number of aromatic nitrogens is 3. The van der Waals surface area contributed by atoms with E-state index in [1.54, 1.807) is 12.1 Å². The van der Waals surface area contributed by atoms with Crippen LogP contribution in [0.4, 0.5) is 0 Å². The van der Waals surface area contributed by atoms with E-state index < -0.39 is 0 Å². The van der Waals surface area contributed by atoms with Gasteiger partial charge in [0.15, 0.2) is 5.58 Å². The van der Waals surface area contributed by atoms with Crippen molar-refractivity contribution in [1.82, 2.24) is 14.5 Å². The molecule has 5 heteroatoms. The maximum atomic E-state index is 9.39. The fraction of sp³-hybridized carbons (Fsp3) is 0. The smallest absolute Gasteiger partial charge is 0.236 e. The van der Waals surface area contributed by atoms with Gasteiger partial charge < -0.3 is 8.83 Å².